The van der Waals surface area contributed by atoms with Crippen molar-refractivity contribution in [2.75, 3.05) is 17.7 Å². The van der Waals surface area contributed by atoms with Gasteiger partial charge in [-0.25, -0.2) is 9.97 Å². The Morgan fingerprint density at radius 1 is 1.28 bits per heavy atom. The van der Waals surface area contributed by atoms with Gasteiger partial charge in [0, 0.05) is 25.4 Å². The summed E-state index contributed by atoms with van der Waals surface area (Å²) < 4.78 is 2.67. The van der Waals surface area contributed by atoms with E-state index < -0.39 is 0 Å². The van der Waals surface area contributed by atoms with E-state index in [1.54, 1.807) is 0 Å². The molecule has 0 saturated carbocycles. The minimum absolute atomic E-state index is 0.335. The lowest BCUT2D eigenvalue weighted by Crippen LogP contribution is -2.03. The number of rotatable bonds is 4. The van der Waals surface area contributed by atoms with Gasteiger partial charge in [-0.15, -0.1) is 0 Å². The molecule has 0 aliphatic rings. The topological polar surface area (TPSA) is 67.7 Å². The van der Waals surface area contributed by atoms with E-state index in [2.05, 4.69) is 55.5 Å². The van der Waals surface area contributed by atoms with Gasteiger partial charge in [-0.1, -0.05) is 0 Å². The van der Waals surface area contributed by atoms with Crippen LogP contribution >= 0.6 is 15.9 Å². The predicted molar refractivity (Wildman–Crippen MR) is 75.2 cm³/mol. The van der Waals surface area contributed by atoms with Crippen molar-refractivity contribution in [3.8, 4) is 0 Å². The van der Waals surface area contributed by atoms with Crippen molar-refractivity contribution < 1.29 is 0 Å². The molecule has 0 spiro atoms. The van der Waals surface area contributed by atoms with Crippen molar-refractivity contribution in [3.63, 3.8) is 0 Å². The number of nitrogens with one attached hydrogen (secondary N) is 2. The molecule has 0 aliphatic heterocycles. The van der Waals surface area contributed by atoms with Gasteiger partial charge in [0.1, 0.15) is 16.6 Å². The number of nitrogens with zero attached hydrogens (tertiary/aromatic N) is 4. The fraction of sp³-hybridized carbons (Fsp3) is 0.364. The summed E-state index contributed by atoms with van der Waals surface area (Å²) in [6.45, 7) is 4.16. The van der Waals surface area contributed by atoms with Crippen LogP contribution in [0.1, 0.15) is 19.9 Å². The van der Waals surface area contributed by atoms with E-state index in [-0.39, 0.29) is 0 Å². The highest BCUT2D eigenvalue weighted by Gasteiger charge is 2.09. The zero-order valence-electron chi connectivity index (χ0n) is 10.5. The molecule has 0 atom stereocenters. The Labute approximate surface area is 114 Å². The summed E-state index contributed by atoms with van der Waals surface area (Å²) in [7, 11) is 1.81. The average molecular weight is 311 g/mol. The second-order valence-electron chi connectivity index (χ2n) is 4.03. The van der Waals surface area contributed by atoms with Crippen LogP contribution in [0.15, 0.2) is 23.1 Å². The molecule has 0 aromatic carbocycles. The largest absolute Gasteiger partial charge is 0.372 e. The molecule has 0 bridgehead atoms. The lowest BCUT2D eigenvalue weighted by atomic mass is 10.4. The van der Waals surface area contributed by atoms with Crippen molar-refractivity contribution in [3.05, 3.63) is 23.1 Å². The zero-order valence-corrected chi connectivity index (χ0v) is 12.1. The van der Waals surface area contributed by atoms with Crippen molar-refractivity contribution in [2.24, 2.45) is 0 Å². The van der Waals surface area contributed by atoms with Crippen LogP contribution in [0.5, 0.6) is 0 Å². The molecule has 2 aromatic heterocycles. The summed E-state index contributed by atoms with van der Waals surface area (Å²) in [4.78, 5) is 8.28. The van der Waals surface area contributed by atoms with Gasteiger partial charge in [0.2, 0.25) is 0 Å². The van der Waals surface area contributed by atoms with Gasteiger partial charge >= 0.3 is 0 Å². The Hall–Kier alpha value is -1.63. The second kappa shape index (κ2) is 5.34. The van der Waals surface area contributed by atoms with Crippen molar-refractivity contribution in [1.82, 2.24) is 19.7 Å². The Morgan fingerprint density at radius 2 is 2.00 bits per heavy atom. The Morgan fingerprint density at radius 3 is 2.61 bits per heavy atom. The van der Waals surface area contributed by atoms with E-state index in [0.717, 1.165) is 16.1 Å². The fourth-order valence-corrected chi connectivity index (χ4v) is 1.95. The average Bonchev–Trinajstić information content (AvgIpc) is 2.80. The SMILES string of the molecule is CNc1ncnc(Nc2ccn(C(C)C)n2)c1Br. The molecule has 0 radical (unpaired) electrons. The van der Waals surface area contributed by atoms with Gasteiger partial charge in [-0.3, -0.25) is 4.68 Å². The molecule has 0 fully saturated rings. The van der Waals surface area contributed by atoms with Gasteiger partial charge in [0.25, 0.3) is 0 Å². The van der Waals surface area contributed by atoms with E-state index in [4.69, 9.17) is 0 Å². The van der Waals surface area contributed by atoms with Gasteiger partial charge in [0.15, 0.2) is 11.6 Å². The molecule has 6 nitrogen and oxygen atoms in total. The van der Waals surface area contributed by atoms with Crippen LogP contribution in [0.25, 0.3) is 0 Å². The van der Waals surface area contributed by atoms with E-state index in [1.165, 1.54) is 6.33 Å². The van der Waals surface area contributed by atoms with E-state index in [9.17, 15) is 0 Å². The summed E-state index contributed by atoms with van der Waals surface area (Å²) in [6, 6.07) is 2.25. The van der Waals surface area contributed by atoms with Crippen molar-refractivity contribution in [1.29, 1.82) is 0 Å². The molecule has 0 aliphatic carbocycles. The molecule has 0 amide bonds. The van der Waals surface area contributed by atoms with E-state index in [1.807, 2.05) is 24.0 Å². The molecule has 0 unspecified atom stereocenters. The predicted octanol–water partition coefficient (Wildman–Crippen LogP) is 2.80. The molecular weight excluding hydrogens is 296 g/mol. The standard InChI is InChI=1S/C11H15BrN6/c1-7(2)18-5-4-8(17-18)16-11-9(12)10(13-3)14-6-15-11/h4-7H,1-3H3,(H2,13,14,15,16,17). The molecule has 2 N–H and O–H groups in total. The second-order valence-corrected chi connectivity index (χ2v) is 4.83. The maximum Gasteiger partial charge on any atom is 0.153 e. The summed E-state index contributed by atoms with van der Waals surface area (Å²) in [5.74, 6) is 2.17. The summed E-state index contributed by atoms with van der Waals surface area (Å²) >= 11 is 3.45. The first-order valence-corrected chi connectivity index (χ1v) is 6.41. The minimum Gasteiger partial charge on any atom is -0.372 e. The van der Waals surface area contributed by atoms with E-state index in [0.29, 0.717) is 11.9 Å². The first-order chi connectivity index (χ1) is 8.61. The molecule has 2 aromatic rings. The summed E-state index contributed by atoms with van der Waals surface area (Å²) in [5.41, 5.74) is 0. The highest BCUT2D eigenvalue weighted by molar-refractivity contribution is 9.10. The summed E-state index contributed by atoms with van der Waals surface area (Å²) in [5, 5.41) is 10.5. The first kappa shape index (κ1) is 12.8. The normalized spacial score (nSPS) is 10.7. The molecule has 96 valence electrons. The van der Waals surface area contributed by atoms with Crippen LogP contribution < -0.4 is 10.6 Å². The molecule has 2 heterocycles. The zero-order chi connectivity index (χ0) is 13.1. The Balaban J connectivity index is 2.23. The van der Waals surface area contributed by atoms with Crippen molar-refractivity contribution >= 4 is 33.4 Å². The van der Waals surface area contributed by atoms with Gasteiger partial charge in [-0.2, -0.15) is 5.10 Å². The van der Waals surface area contributed by atoms with Crippen LogP contribution in [0, 0.1) is 0 Å². The van der Waals surface area contributed by atoms with Gasteiger partial charge in [-0.05, 0) is 29.8 Å². The molecule has 0 saturated heterocycles. The number of halogens is 1. The highest BCUT2D eigenvalue weighted by Crippen LogP contribution is 2.28. The molecule has 18 heavy (non-hydrogen) atoms. The summed E-state index contributed by atoms with van der Waals surface area (Å²) in [6.07, 6.45) is 3.43. The number of hydrogen-bond donors (Lipinski definition) is 2. The lowest BCUT2D eigenvalue weighted by molar-refractivity contribution is 0.534. The fourth-order valence-electron chi connectivity index (χ4n) is 1.44. The van der Waals surface area contributed by atoms with Crippen LogP contribution in [-0.4, -0.2) is 26.8 Å². The van der Waals surface area contributed by atoms with E-state index >= 15 is 0 Å². The number of anilines is 3. The third-order valence-electron chi connectivity index (χ3n) is 2.41. The first-order valence-electron chi connectivity index (χ1n) is 5.62. The van der Waals surface area contributed by atoms with Gasteiger partial charge in [0.05, 0.1) is 0 Å². The quantitative estimate of drug-likeness (QED) is 0.909. The van der Waals surface area contributed by atoms with Gasteiger partial charge < -0.3 is 10.6 Å². The van der Waals surface area contributed by atoms with Crippen LogP contribution in [0.2, 0.25) is 0 Å². The number of hydrogen-bond acceptors (Lipinski definition) is 5. The maximum absolute atomic E-state index is 4.41. The third-order valence-corrected chi connectivity index (χ3v) is 3.16. The van der Waals surface area contributed by atoms with Crippen molar-refractivity contribution in [2.45, 2.75) is 19.9 Å². The maximum atomic E-state index is 4.41. The Bertz CT molecular complexity index is 536. The lowest BCUT2D eigenvalue weighted by Gasteiger charge is -2.08. The smallest absolute Gasteiger partial charge is 0.153 e. The highest BCUT2D eigenvalue weighted by atomic mass is 79.9. The minimum atomic E-state index is 0.335. The molecule has 7 heteroatoms. The third kappa shape index (κ3) is 2.61. The number of aromatic nitrogens is 4. The van der Waals surface area contributed by atoms with Crippen LogP contribution in [-0.2, 0) is 0 Å². The van der Waals surface area contributed by atoms with Crippen LogP contribution in [0.3, 0.4) is 0 Å². The van der Waals surface area contributed by atoms with Crippen LogP contribution in [0.4, 0.5) is 17.5 Å². The molecular formula is C11H15BrN6. The Kier molecular flexibility index (Phi) is 3.81. The monoisotopic (exact) mass is 310 g/mol. The molecule has 2 rings (SSSR count).